The average Bonchev–Trinajstić information content (AvgIpc) is 2.29. The van der Waals surface area contributed by atoms with Gasteiger partial charge in [-0.3, -0.25) is 9.59 Å². The van der Waals surface area contributed by atoms with Crippen LogP contribution < -0.4 is 5.32 Å². The normalized spacial score (nSPS) is 12.3. The number of benzene rings is 1. The molecule has 20 heavy (non-hydrogen) atoms. The molecule has 5 nitrogen and oxygen atoms in total. The molecule has 0 fully saturated rings. The van der Waals surface area contributed by atoms with Gasteiger partial charge in [-0.25, -0.2) is 0 Å². The number of hydrogen-bond donors (Lipinski definition) is 2. The van der Waals surface area contributed by atoms with Crippen LogP contribution in [0.2, 0.25) is 0 Å². The predicted molar refractivity (Wildman–Crippen MR) is 75.1 cm³/mol. The zero-order valence-electron chi connectivity index (χ0n) is 12.0. The predicted octanol–water partition coefficient (Wildman–Crippen LogP) is 2.55. The molecule has 1 atom stereocenters. The summed E-state index contributed by atoms with van der Waals surface area (Å²) in [6.07, 6.45) is 0. The van der Waals surface area contributed by atoms with E-state index in [-0.39, 0.29) is 0 Å². The maximum Gasteiger partial charge on any atom is 0.316 e. The summed E-state index contributed by atoms with van der Waals surface area (Å²) in [5.74, 6) is -2.90. The number of carboxylic acids is 1. The fourth-order valence-corrected chi connectivity index (χ4v) is 1.91. The Kier molecular flexibility index (Phi) is 4.51. The van der Waals surface area contributed by atoms with Crippen LogP contribution in [0, 0.1) is 29.6 Å². The number of amides is 1. The average molecular weight is 274 g/mol. The number of carbonyl (C=O) groups excluding carboxylic acids is 1. The number of aliphatic carboxylic acids is 1. The highest BCUT2D eigenvalue weighted by Gasteiger charge is 2.37. The topological polar surface area (TPSA) is 90.2 Å². The highest BCUT2D eigenvalue weighted by atomic mass is 16.4. The van der Waals surface area contributed by atoms with Gasteiger partial charge in [0, 0.05) is 5.69 Å². The van der Waals surface area contributed by atoms with Gasteiger partial charge in [-0.2, -0.15) is 5.26 Å². The Balaban J connectivity index is 3.06. The number of nitrogens with one attached hydrogen (secondary N) is 1. The second-order valence-corrected chi connectivity index (χ2v) is 5.77. The van der Waals surface area contributed by atoms with Crippen LogP contribution in [0.4, 0.5) is 5.69 Å². The fourth-order valence-electron chi connectivity index (χ4n) is 1.91. The molecule has 0 saturated carbocycles. The van der Waals surface area contributed by atoms with E-state index in [1.807, 2.05) is 6.07 Å². The lowest BCUT2D eigenvalue weighted by Crippen LogP contribution is -2.39. The minimum Gasteiger partial charge on any atom is -0.481 e. The van der Waals surface area contributed by atoms with Crippen LogP contribution in [0.15, 0.2) is 18.2 Å². The first-order chi connectivity index (χ1) is 9.16. The molecule has 1 amide bonds. The smallest absolute Gasteiger partial charge is 0.316 e. The van der Waals surface area contributed by atoms with Gasteiger partial charge in [-0.15, -0.1) is 0 Å². The van der Waals surface area contributed by atoms with Gasteiger partial charge in [-0.1, -0.05) is 26.8 Å². The van der Waals surface area contributed by atoms with Crippen molar-refractivity contribution in [3.63, 3.8) is 0 Å². The largest absolute Gasteiger partial charge is 0.481 e. The zero-order valence-corrected chi connectivity index (χ0v) is 12.0. The van der Waals surface area contributed by atoms with Crippen molar-refractivity contribution < 1.29 is 14.7 Å². The Labute approximate surface area is 118 Å². The van der Waals surface area contributed by atoms with E-state index in [9.17, 15) is 14.7 Å². The molecule has 0 aliphatic carbocycles. The maximum atomic E-state index is 12.2. The molecule has 0 heterocycles. The van der Waals surface area contributed by atoms with Crippen LogP contribution in [0.5, 0.6) is 0 Å². The zero-order chi connectivity index (χ0) is 15.5. The molecule has 0 aliphatic heterocycles. The van der Waals surface area contributed by atoms with Gasteiger partial charge >= 0.3 is 5.97 Å². The van der Waals surface area contributed by atoms with E-state index < -0.39 is 23.2 Å². The van der Waals surface area contributed by atoms with Crippen molar-refractivity contribution in [2.45, 2.75) is 27.7 Å². The molecule has 1 aromatic rings. The highest BCUT2D eigenvalue weighted by Crippen LogP contribution is 2.28. The van der Waals surface area contributed by atoms with E-state index in [0.29, 0.717) is 11.3 Å². The van der Waals surface area contributed by atoms with E-state index >= 15 is 0 Å². The molecule has 0 radical (unpaired) electrons. The standard InChI is InChI=1S/C15H18N2O3/c1-9-5-6-10(8-16)7-11(9)17-13(18)12(14(19)20)15(2,3)4/h5-7,12H,1-4H3,(H,17,18)(H,19,20). The lowest BCUT2D eigenvalue weighted by atomic mass is 9.80. The second kappa shape index (κ2) is 5.74. The number of rotatable bonds is 3. The van der Waals surface area contributed by atoms with E-state index in [2.05, 4.69) is 5.32 Å². The summed E-state index contributed by atoms with van der Waals surface area (Å²) in [6, 6.07) is 6.87. The van der Waals surface area contributed by atoms with E-state index in [1.54, 1.807) is 39.8 Å². The highest BCUT2D eigenvalue weighted by molar-refractivity contribution is 6.05. The third-order valence-corrected chi connectivity index (χ3v) is 3.00. The van der Waals surface area contributed by atoms with Crippen molar-refractivity contribution in [3.05, 3.63) is 29.3 Å². The fraction of sp³-hybridized carbons (Fsp3) is 0.400. The summed E-state index contributed by atoms with van der Waals surface area (Å²) in [5, 5.41) is 20.7. The molecule has 0 spiro atoms. The molecule has 1 rings (SSSR count). The van der Waals surface area contributed by atoms with Crippen LogP contribution in [-0.2, 0) is 9.59 Å². The maximum absolute atomic E-state index is 12.2. The second-order valence-electron chi connectivity index (χ2n) is 5.77. The Morgan fingerprint density at radius 2 is 1.95 bits per heavy atom. The SMILES string of the molecule is Cc1ccc(C#N)cc1NC(=O)C(C(=O)O)C(C)(C)C. The summed E-state index contributed by atoms with van der Waals surface area (Å²) < 4.78 is 0. The third kappa shape index (κ3) is 3.58. The molecule has 5 heteroatoms. The molecule has 0 saturated heterocycles. The van der Waals surface area contributed by atoms with Gasteiger partial charge in [0.1, 0.15) is 5.92 Å². The number of anilines is 1. The number of carboxylic acid groups (broad SMARTS) is 1. The Morgan fingerprint density at radius 1 is 1.35 bits per heavy atom. The number of nitrogens with zero attached hydrogens (tertiary/aromatic N) is 1. The van der Waals surface area contributed by atoms with Gasteiger partial charge in [0.25, 0.3) is 0 Å². The summed E-state index contributed by atoms with van der Waals surface area (Å²) in [4.78, 5) is 23.5. The van der Waals surface area contributed by atoms with Crippen molar-refractivity contribution in [2.24, 2.45) is 11.3 Å². The van der Waals surface area contributed by atoms with Gasteiger partial charge in [0.15, 0.2) is 0 Å². The Morgan fingerprint density at radius 3 is 2.40 bits per heavy atom. The van der Waals surface area contributed by atoms with Crippen molar-refractivity contribution in [1.29, 1.82) is 5.26 Å². The Hall–Kier alpha value is -2.35. The monoisotopic (exact) mass is 274 g/mol. The lowest BCUT2D eigenvalue weighted by Gasteiger charge is -2.26. The lowest BCUT2D eigenvalue weighted by molar-refractivity contribution is -0.149. The molecule has 1 unspecified atom stereocenters. The quantitative estimate of drug-likeness (QED) is 0.829. The summed E-state index contributed by atoms with van der Waals surface area (Å²) in [5.41, 5.74) is 0.949. The number of hydrogen-bond acceptors (Lipinski definition) is 3. The third-order valence-electron chi connectivity index (χ3n) is 3.00. The van der Waals surface area contributed by atoms with Crippen molar-refractivity contribution in [2.75, 3.05) is 5.32 Å². The molecular formula is C15H18N2O3. The minimum absolute atomic E-state index is 0.411. The molecular weight excluding hydrogens is 256 g/mol. The van der Waals surface area contributed by atoms with Crippen LogP contribution in [-0.4, -0.2) is 17.0 Å². The number of aryl methyl sites for hydroxylation is 1. The first-order valence-electron chi connectivity index (χ1n) is 6.21. The van der Waals surface area contributed by atoms with Gasteiger partial charge in [0.2, 0.25) is 5.91 Å². The van der Waals surface area contributed by atoms with E-state index in [4.69, 9.17) is 5.26 Å². The molecule has 106 valence electrons. The molecule has 2 N–H and O–H groups in total. The van der Waals surface area contributed by atoms with Crippen LogP contribution in [0.3, 0.4) is 0 Å². The van der Waals surface area contributed by atoms with Gasteiger partial charge < -0.3 is 10.4 Å². The molecule has 0 bridgehead atoms. The van der Waals surface area contributed by atoms with Crippen molar-refractivity contribution in [1.82, 2.24) is 0 Å². The summed E-state index contributed by atoms with van der Waals surface area (Å²) in [7, 11) is 0. The molecule has 0 aromatic heterocycles. The minimum atomic E-state index is -1.16. The molecule has 1 aromatic carbocycles. The first kappa shape index (κ1) is 15.7. The molecule has 0 aliphatic rings. The summed E-state index contributed by atoms with van der Waals surface area (Å²) in [6.45, 7) is 6.88. The number of nitriles is 1. The van der Waals surface area contributed by atoms with Crippen LogP contribution in [0.25, 0.3) is 0 Å². The van der Waals surface area contributed by atoms with Crippen LogP contribution >= 0.6 is 0 Å². The first-order valence-corrected chi connectivity index (χ1v) is 6.21. The van der Waals surface area contributed by atoms with E-state index in [1.165, 1.54) is 6.07 Å². The van der Waals surface area contributed by atoms with Crippen molar-refractivity contribution >= 4 is 17.6 Å². The van der Waals surface area contributed by atoms with Gasteiger partial charge in [0.05, 0.1) is 11.6 Å². The van der Waals surface area contributed by atoms with Crippen molar-refractivity contribution in [3.8, 4) is 6.07 Å². The summed E-state index contributed by atoms with van der Waals surface area (Å²) >= 11 is 0. The number of carbonyl (C=O) groups is 2. The Bertz CT molecular complexity index is 580. The van der Waals surface area contributed by atoms with E-state index in [0.717, 1.165) is 5.56 Å². The van der Waals surface area contributed by atoms with Gasteiger partial charge in [-0.05, 0) is 30.0 Å². The van der Waals surface area contributed by atoms with Crippen LogP contribution in [0.1, 0.15) is 31.9 Å².